The number of carbonyl (C=O) groups is 1. The molecule has 0 fully saturated rings. The number of hydrogen-bond acceptors (Lipinski definition) is 6. The van der Waals surface area contributed by atoms with Gasteiger partial charge in [0.1, 0.15) is 6.54 Å². The van der Waals surface area contributed by atoms with Crippen LogP contribution in [-0.4, -0.2) is 33.2 Å². The van der Waals surface area contributed by atoms with Crippen molar-refractivity contribution in [1.29, 1.82) is 0 Å². The zero-order valence-corrected chi connectivity index (χ0v) is 10.5. The van der Waals surface area contributed by atoms with Gasteiger partial charge in [-0.2, -0.15) is 0 Å². The number of esters is 1. The first-order chi connectivity index (χ1) is 8.65. The minimum Gasteiger partial charge on any atom is -0.464 e. The number of ether oxygens (including phenoxy) is 1. The summed E-state index contributed by atoms with van der Waals surface area (Å²) in [7, 11) is 1.32. The molecule has 0 saturated carbocycles. The van der Waals surface area contributed by atoms with Gasteiger partial charge in [0.2, 0.25) is 0 Å². The van der Waals surface area contributed by atoms with Crippen molar-refractivity contribution >= 4 is 5.97 Å². The lowest BCUT2D eigenvalue weighted by Gasteiger charge is -2.02. The van der Waals surface area contributed by atoms with E-state index in [1.807, 2.05) is 19.9 Å². The molecule has 0 saturated heterocycles. The Hall–Kier alpha value is -2.18. The Labute approximate surface area is 104 Å². The van der Waals surface area contributed by atoms with E-state index in [1.165, 1.54) is 7.11 Å². The Morgan fingerprint density at radius 1 is 1.56 bits per heavy atom. The fraction of sp³-hybridized carbons (Fsp3) is 0.455. The molecule has 7 heteroatoms. The second-order valence-electron chi connectivity index (χ2n) is 3.82. The molecular formula is C11H14N4O3. The number of rotatable bonds is 4. The first-order valence-corrected chi connectivity index (χ1v) is 5.58. The molecule has 7 nitrogen and oxygen atoms in total. The molecule has 2 aromatic heterocycles. The number of carbonyl (C=O) groups excluding carboxylic acids is 1. The van der Waals surface area contributed by atoms with Crippen molar-refractivity contribution in [1.82, 2.24) is 20.2 Å². The van der Waals surface area contributed by atoms with E-state index in [2.05, 4.69) is 20.2 Å². The van der Waals surface area contributed by atoms with Crippen LogP contribution in [-0.2, 0) is 17.7 Å². The standard InChI is InChI=1S/C11H14N4O3/c1-4-9-10(11(16)17-3)12-14-15(9)6-8-5-7(2)13-18-8/h5H,4,6H2,1-3H3. The van der Waals surface area contributed by atoms with Crippen molar-refractivity contribution in [3.63, 3.8) is 0 Å². The van der Waals surface area contributed by atoms with Gasteiger partial charge in [-0.25, -0.2) is 9.48 Å². The summed E-state index contributed by atoms with van der Waals surface area (Å²) in [6.45, 7) is 4.16. The summed E-state index contributed by atoms with van der Waals surface area (Å²) in [6.07, 6.45) is 0.630. The second kappa shape index (κ2) is 4.99. The van der Waals surface area contributed by atoms with Crippen molar-refractivity contribution in [2.75, 3.05) is 7.11 Å². The second-order valence-corrected chi connectivity index (χ2v) is 3.82. The molecule has 0 spiro atoms. The summed E-state index contributed by atoms with van der Waals surface area (Å²) in [4.78, 5) is 11.5. The molecule has 96 valence electrons. The van der Waals surface area contributed by atoms with Gasteiger partial charge in [0, 0.05) is 6.07 Å². The third-order valence-corrected chi connectivity index (χ3v) is 2.53. The zero-order valence-electron chi connectivity index (χ0n) is 10.5. The van der Waals surface area contributed by atoms with Gasteiger partial charge >= 0.3 is 5.97 Å². The van der Waals surface area contributed by atoms with Gasteiger partial charge in [-0.1, -0.05) is 17.3 Å². The van der Waals surface area contributed by atoms with Crippen LogP contribution in [0.25, 0.3) is 0 Å². The largest absolute Gasteiger partial charge is 0.464 e. The molecular weight excluding hydrogens is 236 g/mol. The number of nitrogens with zero attached hydrogens (tertiary/aromatic N) is 4. The van der Waals surface area contributed by atoms with Gasteiger partial charge < -0.3 is 9.26 Å². The van der Waals surface area contributed by atoms with Crippen molar-refractivity contribution in [3.05, 3.63) is 28.9 Å². The predicted molar refractivity (Wildman–Crippen MR) is 61.1 cm³/mol. The lowest BCUT2D eigenvalue weighted by Crippen LogP contribution is -2.09. The smallest absolute Gasteiger partial charge is 0.360 e. The molecule has 2 rings (SSSR count). The zero-order chi connectivity index (χ0) is 13.1. The Kier molecular flexibility index (Phi) is 3.40. The highest BCUT2D eigenvalue weighted by molar-refractivity contribution is 5.88. The average Bonchev–Trinajstić information content (AvgIpc) is 2.95. The molecule has 0 aliphatic heterocycles. The quantitative estimate of drug-likeness (QED) is 0.752. The maximum absolute atomic E-state index is 11.5. The lowest BCUT2D eigenvalue weighted by molar-refractivity contribution is 0.0592. The summed E-state index contributed by atoms with van der Waals surface area (Å²) < 4.78 is 11.4. The van der Waals surface area contributed by atoms with Gasteiger partial charge in [0.15, 0.2) is 11.5 Å². The van der Waals surface area contributed by atoms with E-state index in [1.54, 1.807) is 4.68 Å². The van der Waals surface area contributed by atoms with Crippen molar-refractivity contribution in [2.45, 2.75) is 26.8 Å². The van der Waals surface area contributed by atoms with Crippen LogP contribution in [0.1, 0.15) is 34.6 Å². The van der Waals surface area contributed by atoms with Crippen LogP contribution in [0.5, 0.6) is 0 Å². The molecule has 2 aromatic rings. The van der Waals surface area contributed by atoms with E-state index in [4.69, 9.17) is 4.52 Å². The summed E-state index contributed by atoms with van der Waals surface area (Å²) in [5, 5.41) is 11.6. The first kappa shape index (κ1) is 12.3. The molecule has 0 bridgehead atoms. The molecule has 0 aliphatic carbocycles. The van der Waals surface area contributed by atoms with Crippen LogP contribution in [0.3, 0.4) is 0 Å². The van der Waals surface area contributed by atoms with Crippen LogP contribution in [0, 0.1) is 6.92 Å². The Morgan fingerprint density at radius 3 is 2.89 bits per heavy atom. The first-order valence-electron chi connectivity index (χ1n) is 5.58. The molecule has 18 heavy (non-hydrogen) atoms. The van der Waals surface area contributed by atoms with Crippen LogP contribution < -0.4 is 0 Å². The van der Waals surface area contributed by atoms with E-state index in [0.717, 1.165) is 11.4 Å². The molecule has 0 aliphatic rings. The third kappa shape index (κ3) is 2.24. The predicted octanol–water partition coefficient (Wildman–Crippen LogP) is 0.972. The summed E-state index contributed by atoms with van der Waals surface area (Å²) in [6, 6.07) is 1.82. The van der Waals surface area contributed by atoms with Gasteiger partial charge in [0.25, 0.3) is 0 Å². The molecule has 0 atom stereocenters. The van der Waals surface area contributed by atoms with E-state index >= 15 is 0 Å². The molecule has 2 heterocycles. The van der Waals surface area contributed by atoms with Crippen LogP contribution >= 0.6 is 0 Å². The Balaban J connectivity index is 2.28. The number of methoxy groups -OCH3 is 1. The summed E-state index contributed by atoms with van der Waals surface area (Å²) in [5.74, 6) is 0.190. The number of aromatic nitrogens is 4. The van der Waals surface area contributed by atoms with Gasteiger partial charge in [0.05, 0.1) is 18.5 Å². The van der Waals surface area contributed by atoms with Crippen molar-refractivity contribution < 1.29 is 14.1 Å². The van der Waals surface area contributed by atoms with Gasteiger partial charge in [-0.3, -0.25) is 0 Å². The van der Waals surface area contributed by atoms with Crippen LogP contribution in [0.4, 0.5) is 0 Å². The van der Waals surface area contributed by atoms with E-state index in [-0.39, 0.29) is 5.69 Å². The topological polar surface area (TPSA) is 83.0 Å². The Bertz CT molecular complexity index is 558. The minimum atomic E-state index is -0.480. The fourth-order valence-corrected chi connectivity index (χ4v) is 1.70. The van der Waals surface area contributed by atoms with Crippen LogP contribution in [0.2, 0.25) is 0 Å². The number of aryl methyl sites for hydroxylation is 1. The van der Waals surface area contributed by atoms with E-state index in [9.17, 15) is 4.79 Å². The normalized spacial score (nSPS) is 10.6. The maximum Gasteiger partial charge on any atom is 0.360 e. The van der Waals surface area contributed by atoms with Gasteiger partial charge in [-0.15, -0.1) is 5.10 Å². The highest BCUT2D eigenvalue weighted by Gasteiger charge is 2.19. The highest BCUT2D eigenvalue weighted by Crippen LogP contribution is 2.11. The molecule has 0 aromatic carbocycles. The SMILES string of the molecule is CCc1c(C(=O)OC)nnn1Cc1cc(C)no1. The highest BCUT2D eigenvalue weighted by atomic mass is 16.5. The summed E-state index contributed by atoms with van der Waals surface area (Å²) in [5.41, 5.74) is 1.77. The molecule has 0 N–H and O–H groups in total. The minimum absolute atomic E-state index is 0.247. The molecule has 0 unspecified atom stereocenters. The Morgan fingerprint density at radius 2 is 2.33 bits per heavy atom. The fourth-order valence-electron chi connectivity index (χ4n) is 1.70. The molecule has 0 amide bonds. The monoisotopic (exact) mass is 250 g/mol. The molecule has 0 radical (unpaired) electrons. The van der Waals surface area contributed by atoms with Crippen molar-refractivity contribution in [2.24, 2.45) is 0 Å². The maximum atomic E-state index is 11.5. The third-order valence-electron chi connectivity index (χ3n) is 2.53. The average molecular weight is 250 g/mol. The van der Waals surface area contributed by atoms with Gasteiger partial charge in [-0.05, 0) is 13.3 Å². The lowest BCUT2D eigenvalue weighted by atomic mass is 10.2. The summed E-state index contributed by atoms with van der Waals surface area (Å²) >= 11 is 0. The van der Waals surface area contributed by atoms with Crippen LogP contribution in [0.15, 0.2) is 10.6 Å². The van der Waals surface area contributed by atoms with E-state index in [0.29, 0.717) is 18.7 Å². The number of hydrogen-bond donors (Lipinski definition) is 0. The van der Waals surface area contributed by atoms with Crippen molar-refractivity contribution in [3.8, 4) is 0 Å². The van der Waals surface area contributed by atoms with E-state index < -0.39 is 5.97 Å².